The average Bonchev–Trinajstić information content (AvgIpc) is 2.68. The van der Waals surface area contributed by atoms with Crippen LogP contribution in [0.4, 0.5) is 13.2 Å². The lowest BCUT2D eigenvalue weighted by atomic mass is 10.1. The van der Waals surface area contributed by atoms with Gasteiger partial charge in [-0.3, -0.25) is 0 Å². The van der Waals surface area contributed by atoms with Crippen LogP contribution in [0.3, 0.4) is 0 Å². The Morgan fingerprint density at radius 1 is 1.37 bits per heavy atom. The molecule has 0 fully saturated rings. The van der Waals surface area contributed by atoms with E-state index in [0.717, 1.165) is 6.07 Å². The molecule has 0 aliphatic heterocycles. The van der Waals surface area contributed by atoms with Crippen molar-refractivity contribution < 1.29 is 13.2 Å². The van der Waals surface area contributed by atoms with Gasteiger partial charge < -0.3 is 4.98 Å². The number of benzene rings is 1. The number of imidazole rings is 1. The van der Waals surface area contributed by atoms with E-state index in [-0.39, 0.29) is 26.7 Å². The minimum atomic E-state index is -4.56. The number of nitriles is 1. The van der Waals surface area contributed by atoms with E-state index in [1.54, 1.807) is 6.07 Å². The molecule has 0 saturated carbocycles. The number of hydrogen-bond acceptors (Lipinski definition) is 2. The molecule has 0 spiro atoms. The van der Waals surface area contributed by atoms with Crippen molar-refractivity contribution in [2.45, 2.75) is 6.18 Å². The highest BCUT2D eigenvalue weighted by Crippen LogP contribution is 2.40. The molecule has 0 unspecified atom stereocenters. The van der Waals surface area contributed by atoms with Gasteiger partial charge >= 0.3 is 6.18 Å². The largest absolute Gasteiger partial charge is 0.417 e. The Morgan fingerprint density at radius 2 is 2.05 bits per heavy atom. The summed E-state index contributed by atoms with van der Waals surface area (Å²) in [5.41, 5.74) is -1.16. The van der Waals surface area contributed by atoms with Crippen molar-refractivity contribution >= 4 is 27.5 Å². The Bertz CT molecular complexity index is 673. The van der Waals surface area contributed by atoms with E-state index < -0.39 is 11.7 Å². The molecule has 0 radical (unpaired) electrons. The van der Waals surface area contributed by atoms with Crippen LogP contribution in [-0.2, 0) is 6.18 Å². The molecule has 1 heterocycles. The van der Waals surface area contributed by atoms with Gasteiger partial charge in [0.2, 0.25) is 0 Å². The smallest absolute Gasteiger partial charge is 0.329 e. The first-order valence-electron chi connectivity index (χ1n) is 4.86. The van der Waals surface area contributed by atoms with Crippen molar-refractivity contribution in [3.63, 3.8) is 0 Å². The molecule has 8 heteroatoms. The summed E-state index contributed by atoms with van der Waals surface area (Å²) in [4.78, 5) is 6.34. The minimum absolute atomic E-state index is 0.0306. The third kappa shape index (κ3) is 2.60. The summed E-state index contributed by atoms with van der Waals surface area (Å²) in [6.07, 6.45) is -4.56. The van der Waals surface area contributed by atoms with Crippen molar-refractivity contribution in [1.29, 1.82) is 5.26 Å². The maximum absolute atomic E-state index is 12.9. The number of nitrogens with zero attached hydrogens (tertiary/aromatic N) is 2. The number of halogens is 5. The van der Waals surface area contributed by atoms with Crippen molar-refractivity contribution in [3.8, 4) is 17.5 Å². The molecule has 98 valence electrons. The summed E-state index contributed by atoms with van der Waals surface area (Å²) >= 11 is 8.80. The van der Waals surface area contributed by atoms with Crippen LogP contribution in [0.25, 0.3) is 11.4 Å². The molecule has 2 aromatic rings. The highest BCUT2D eigenvalue weighted by atomic mass is 79.9. The van der Waals surface area contributed by atoms with E-state index in [9.17, 15) is 13.2 Å². The van der Waals surface area contributed by atoms with E-state index in [1.807, 2.05) is 0 Å². The molecule has 19 heavy (non-hydrogen) atoms. The summed E-state index contributed by atoms with van der Waals surface area (Å²) in [5, 5.41) is 8.67. The molecule has 0 bridgehead atoms. The highest BCUT2D eigenvalue weighted by molar-refractivity contribution is 9.10. The summed E-state index contributed by atoms with van der Waals surface area (Å²) in [6, 6.07) is 5.21. The van der Waals surface area contributed by atoms with Gasteiger partial charge in [0.05, 0.1) is 10.6 Å². The Hall–Kier alpha value is -1.52. The second-order valence-electron chi connectivity index (χ2n) is 3.52. The van der Waals surface area contributed by atoms with Gasteiger partial charge in [0.25, 0.3) is 0 Å². The van der Waals surface area contributed by atoms with Crippen molar-refractivity contribution in [1.82, 2.24) is 9.97 Å². The Morgan fingerprint density at radius 3 is 2.58 bits per heavy atom. The summed E-state index contributed by atoms with van der Waals surface area (Å²) in [6.45, 7) is 0. The zero-order chi connectivity index (χ0) is 14.2. The lowest BCUT2D eigenvalue weighted by molar-refractivity contribution is -0.137. The number of alkyl halides is 3. The topological polar surface area (TPSA) is 52.5 Å². The van der Waals surface area contributed by atoms with E-state index in [0.29, 0.717) is 0 Å². The van der Waals surface area contributed by atoms with E-state index in [1.165, 1.54) is 12.1 Å². The van der Waals surface area contributed by atoms with Gasteiger partial charge in [-0.25, -0.2) is 4.98 Å². The lowest BCUT2D eigenvalue weighted by Gasteiger charge is -2.12. The van der Waals surface area contributed by atoms with Crippen molar-refractivity contribution in [3.05, 3.63) is 39.1 Å². The van der Waals surface area contributed by atoms with E-state index in [4.69, 9.17) is 16.9 Å². The molecule has 0 amide bonds. The molecule has 0 aliphatic carbocycles. The zero-order valence-electron chi connectivity index (χ0n) is 9.02. The summed E-state index contributed by atoms with van der Waals surface area (Å²) < 4.78 is 38.9. The number of hydrogen-bond donors (Lipinski definition) is 1. The Balaban J connectivity index is 2.71. The average molecular weight is 351 g/mol. The normalized spacial score (nSPS) is 11.4. The quantitative estimate of drug-likeness (QED) is 0.829. The maximum atomic E-state index is 12.9. The van der Waals surface area contributed by atoms with Gasteiger partial charge in [0, 0.05) is 5.56 Å². The standard InChI is InChI=1S/C11H4BrClF3N3/c12-9-7(4-17)18-10(19-9)8-5(11(14,15)16)2-1-3-6(8)13/h1-3H,(H,18,19). The van der Waals surface area contributed by atoms with Gasteiger partial charge in [-0.2, -0.15) is 18.4 Å². The molecular weight excluding hydrogens is 346 g/mol. The molecule has 1 aromatic heterocycles. The SMILES string of the molecule is N#Cc1[nH]c(-c2c(Cl)cccc2C(F)(F)F)nc1Br. The number of rotatable bonds is 1. The predicted octanol–water partition coefficient (Wildman–Crippen LogP) is 4.38. The first-order valence-corrected chi connectivity index (χ1v) is 6.03. The van der Waals surface area contributed by atoms with Gasteiger partial charge in [-0.05, 0) is 28.1 Å². The van der Waals surface area contributed by atoms with Crippen LogP contribution >= 0.6 is 27.5 Å². The van der Waals surface area contributed by atoms with Crippen LogP contribution in [0.15, 0.2) is 22.8 Å². The highest BCUT2D eigenvalue weighted by Gasteiger charge is 2.35. The van der Waals surface area contributed by atoms with E-state index in [2.05, 4.69) is 25.9 Å². The Labute approximate surface area is 119 Å². The van der Waals surface area contributed by atoms with Gasteiger partial charge in [-0.1, -0.05) is 17.7 Å². The van der Waals surface area contributed by atoms with E-state index >= 15 is 0 Å². The van der Waals surface area contributed by atoms with Crippen molar-refractivity contribution in [2.75, 3.05) is 0 Å². The van der Waals surface area contributed by atoms with Crippen LogP contribution in [0.5, 0.6) is 0 Å². The maximum Gasteiger partial charge on any atom is 0.417 e. The number of aromatic amines is 1. The molecule has 1 aromatic carbocycles. The fraction of sp³-hybridized carbons (Fsp3) is 0.0909. The first-order chi connectivity index (χ1) is 8.84. The Kier molecular flexibility index (Phi) is 3.56. The monoisotopic (exact) mass is 349 g/mol. The number of H-pyrrole nitrogens is 1. The molecule has 0 saturated heterocycles. The fourth-order valence-electron chi connectivity index (χ4n) is 1.55. The number of aromatic nitrogens is 2. The van der Waals surface area contributed by atoms with Crippen molar-refractivity contribution in [2.24, 2.45) is 0 Å². The van der Waals surface area contributed by atoms with Gasteiger partial charge in [0.15, 0.2) is 5.69 Å². The minimum Gasteiger partial charge on any atom is -0.329 e. The van der Waals surface area contributed by atoms with Crippen LogP contribution < -0.4 is 0 Å². The molecule has 2 rings (SSSR count). The lowest BCUT2D eigenvalue weighted by Crippen LogP contribution is -2.07. The molecule has 1 N–H and O–H groups in total. The first kappa shape index (κ1) is 13.9. The third-order valence-corrected chi connectivity index (χ3v) is 3.22. The zero-order valence-corrected chi connectivity index (χ0v) is 11.4. The molecular formula is C11H4BrClF3N3. The summed E-state index contributed by atoms with van der Waals surface area (Å²) in [7, 11) is 0. The van der Waals surface area contributed by atoms with Gasteiger partial charge in [0.1, 0.15) is 16.5 Å². The van der Waals surface area contributed by atoms with Crippen LogP contribution in [0.2, 0.25) is 5.02 Å². The van der Waals surface area contributed by atoms with Crippen LogP contribution in [0.1, 0.15) is 11.3 Å². The summed E-state index contributed by atoms with van der Waals surface area (Å²) in [5.74, 6) is -0.110. The van der Waals surface area contributed by atoms with Gasteiger partial charge in [-0.15, -0.1) is 0 Å². The molecule has 3 nitrogen and oxygen atoms in total. The van der Waals surface area contributed by atoms with Crippen LogP contribution in [-0.4, -0.2) is 9.97 Å². The fourth-order valence-corrected chi connectivity index (χ4v) is 2.17. The second kappa shape index (κ2) is 4.87. The van der Waals surface area contributed by atoms with Crippen LogP contribution in [0, 0.1) is 11.3 Å². The second-order valence-corrected chi connectivity index (χ2v) is 4.68. The number of nitrogens with one attached hydrogen (secondary N) is 1. The molecule has 0 aliphatic rings. The predicted molar refractivity (Wildman–Crippen MR) is 66.5 cm³/mol. The molecule has 0 atom stereocenters. The third-order valence-electron chi connectivity index (χ3n) is 2.33.